The van der Waals surface area contributed by atoms with E-state index < -0.39 is 18.2 Å². The van der Waals surface area contributed by atoms with Crippen LogP contribution in [-0.4, -0.2) is 39.9 Å². The molecule has 1 heterocycles. The van der Waals surface area contributed by atoms with Gasteiger partial charge >= 0.3 is 0 Å². The van der Waals surface area contributed by atoms with E-state index >= 15 is 0 Å². The summed E-state index contributed by atoms with van der Waals surface area (Å²) in [6, 6.07) is 1.45. The first-order valence-corrected chi connectivity index (χ1v) is 3.73. The van der Waals surface area contributed by atoms with Gasteiger partial charge in [0.15, 0.2) is 0 Å². The number of nitrogens with zero attached hydrogens (tertiary/aromatic N) is 2. The minimum absolute atomic E-state index is 0.439. The molecular formula is C7H10N2O3. The summed E-state index contributed by atoms with van der Waals surface area (Å²) in [4.78, 5) is 12.2. The van der Waals surface area contributed by atoms with E-state index in [0.29, 0.717) is 13.0 Å². The maximum atomic E-state index is 11.0. The van der Waals surface area contributed by atoms with Gasteiger partial charge in [-0.25, -0.2) is 0 Å². The standard InChI is InChI=1S/C7H10N2O3/c8-4-5-2-1-3-9(5)6(10)7(11)12/h5,7,11-12H,1-3H2/t5-/m0/s1. The van der Waals surface area contributed by atoms with Gasteiger partial charge in [-0.05, 0) is 12.8 Å². The van der Waals surface area contributed by atoms with Gasteiger partial charge in [-0.3, -0.25) is 4.79 Å². The topological polar surface area (TPSA) is 84.6 Å². The van der Waals surface area contributed by atoms with E-state index in [1.54, 1.807) is 0 Å². The van der Waals surface area contributed by atoms with Gasteiger partial charge in [0.1, 0.15) is 6.04 Å². The van der Waals surface area contributed by atoms with Gasteiger partial charge in [-0.2, -0.15) is 5.26 Å². The van der Waals surface area contributed by atoms with Crippen LogP contribution in [0.2, 0.25) is 0 Å². The highest BCUT2D eigenvalue weighted by Gasteiger charge is 2.31. The van der Waals surface area contributed by atoms with Gasteiger partial charge in [0.2, 0.25) is 6.29 Å². The van der Waals surface area contributed by atoms with Crippen molar-refractivity contribution in [3.63, 3.8) is 0 Å². The van der Waals surface area contributed by atoms with Crippen LogP contribution >= 0.6 is 0 Å². The molecule has 5 heteroatoms. The number of carbonyl (C=O) groups excluding carboxylic acids is 1. The predicted molar refractivity (Wildman–Crippen MR) is 38.6 cm³/mol. The van der Waals surface area contributed by atoms with Crippen LogP contribution in [0.3, 0.4) is 0 Å². The third-order valence-corrected chi connectivity index (χ3v) is 1.91. The third kappa shape index (κ3) is 1.55. The van der Waals surface area contributed by atoms with Crippen molar-refractivity contribution in [2.24, 2.45) is 0 Å². The lowest BCUT2D eigenvalue weighted by molar-refractivity contribution is -0.158. The lowest BCUT2D eigenvalue weighted by Crippen LogP contribution is -2.41. The van der Waals surface area contributed by atoms with Crippen LogP contribution in [0.25, 0.3) is 0 Å². The van der Waals surface area contributed by atoms with Crippen molar-refractivity contribution in [1.82, 2.24) is 4.90 Å². The minimum Gasteiger partial charge on any atom is -0.361 e. The SMILES string of the molecule is N#C[C@@H]1CCCN1C(=O)C(O)O. The number of carbonyl (C=O) groups is 1. The van der Waals surface area contributed by atoms with Crippen LogP contribution in [0, 0.1) is 11.3 Å². The second-order valence-electron chi connectivity index (χ2n) is 2.69. The van der Waals surface area contributed by atoms with Crippen LogP contribution in [0.5, 0.6) is 0 Å². The molecule has 0 bridgehead atoms. The average Bonchev–Trinajstić information content (AvgIpc) is 2.49. The van der Waals surface area contributed by atoms with E-state index in [-0.39, 0.29) is 0 Å². The summed E-state index contributed by atoms with van der Waals surface area (Å²) in [5.41, 5.74) is 0. The van der Waals surface area contributed by atoms with E-state index in [9.17, 15) is 4.79 Å². The second kappa shape index (κ2) is 3.52. The van der Waals surface area contributed by atoms with Gasteiger partial charge in [0.25, 0.3) is 5.91 Å². The Morgan fingerprint density at radius 1 is 1.67 bits per heavy atom. The highest BCUT2D eigenvalue weighted by atomic mass is 16.5. The summed E-state index contributed by atoms with van der Waals surface area (Å²) in [6.07, 6.45) is -0.620. The molecule has 5 nitrogen and oxygen atoms in total. The van der Waals surface area contributed by atoms with E-state index in [0.717, 1.165) is 6.42 Å². The van der Waals surface area contributed by atoms with Gasteiger partial charge in [0.05, 0.1) is 6.07 Å². The number of likely N-dealkylation sites (tertiary alicyclic amines) is 1. The molecular weight excluding hydrogens is 160 g/mol. The first-order chi connectivity index (χ1) is 5.66. The Labute approximate surface area is 69.8 Å². The number of nitriles is 1. The van der Waals surface area contributed by atoms with Crippen LogP contribution in [-0.2, 0) is 4.79 Å². The summed E-state index contributed by atoms with van der Waals surface area (Å²) in [7, 11) is 0. The number of hydrogen-bond acceptors (Lipinski definition) is 4. The molecule has 0 saturated carbocycles. The highest BCUT2D eigenvalue weighted by molar-refractivity contribution is 5.80. The number of aliphatic hydroxyl groups excluding tert-OH is 1. The molecule has 66 valence electrons. The monoisotopic (exact) mass is 170 g/mol. The lowest BCUT2D eigenvalue weighted by Gasteiger charge is -2.19. The van der Waals surface area contributed by atoms with Gasteiger partial charge in [0, 0.05) is 6.54 Å². The van der Waals surface area contributed by atoms with E-state index in [1.165, 1.54) is 4.90 Å². The summed E-state index contributed by atoms with van der Waals surface area (Å²) >= 11 is 0. The van der Waals surface area contributed by atoms with Gasteiger partial charge in [-0.15, -0.1) is 0 Å². The number of hydrogen-bond donors (Lipinski definition) is 2. The normalized spacial score (nSPS) is 22.8. The Kier molecular flexibility index (Phi) is 2.63. The van der Waals surface area contributed by atoms with Crippen LogP contribution in [0.15, 0.2) is 0 Å². The Hall–Kier alpha value is -1.12. The maximum Gasteiger partial charge on any atom is 0.280 e. The van der Waals surface area contributed by atoms with E-state index in [1.807, 2.05) is 6.07 Å². The second-order valence-corrected chi connectivity index (χ2v) is 2.69. The van der Waals surface area contributed by atoms with Crippen molar-refractivity contribution >= 4 is 5.91 Å². The molecule has 1 aliphatic rings. The van der Waals surface area contributed by atoms with Crippen molar-refractivity contribution in [2.45, 2.75) is 25.2 Å². The lowest BCUT2D eigenvalue weighted by atomic mass is 10.2. The maximum absolute atomic E-state index is 11.0. The van der Waals surface area contributed by atoms with Crippen molar-refractivity contribution in [2.75, 3.05) is 6.54 Å². The quantitative estimate of drug-likeness (QED) is 0.485. The molecule has 1 fully saturated rings. The fourth-order valence-electron chi connectivity index (χ4n) is 1.31. The molecule has 0 aromatic rings. The molecule has 1 aliphatic heterocycles. The summed E-state index contributed by atoms with van der Waals surface area (Å²) in [5.74, 6) is -0.779. The number of amides is 1. The Bertz CT molecular complexity index is 221. The molecule has 1 saturated heterocycles. The van der Waals surface area contributed by atoms with Gasteiger partial charge in [-0.1, -0.05) is 0 Å². The van der Waals surface area contributed by atoms with Crippen molar-refractivity contribution in [3.8, 4) is 6.07 Å². The minimum atomic E-state index is -1.99. The first-order valence-electron chi connectivity index (χ1n) is 3.73. The largest absolute Gasteiger partial charge is 0.361 e. The molecule has 0 aliphatic carbocycles. The zero-order valence-corrected chi connectivity index (χ0v) is 6.47. The molecule has 0 radical (unpaired) electrons. The molecule has 0 aromatic heterocycles. The molecule has 0 aromatic carbocycles. The average molecular weight is 170 g/mol. The molecule has 0 spiro atoms. The highest BCUT2D eigenvalue weighted by Crippen LogP contribution is 2.16. The van der Waals surface area contributed by atoms with Gasteiger partial charge < -0.3 is 15.1 Å². The molecule has 1 rings (SSSR count). The van der Waals surface area contributed by atoms with E-state index in [2.05, 4.69) is 0 Å². The Morgan fingerprint density at radius 3 is 2.83 bits per heavy atom. The molecule has 1 atom stereocenters. The Balaban J connectivity index is 2.63. The fourth-order valence-corrected chi connectivity index (χ4v) is 1.31. The number of rotatable bonds is 1. The molecule has 1 amide bonds. The van der Waals surface area contributed by atoms with Crippen molar-refractivity contribution < 1.29 is 15.0 Å². The summed E-state index contributed by atoms with van der Waals surface area (Å²) in [6.45, 7) is 0.439. The molecule has 12 heavy (non-hydrogen) atoms. The fraction of sp³-hybridized carbons (Fsp3) is 0.714. The Morgan fingerprint density at radius 2 is 2.33 bits per heavy atom. The van der Waals surface area contributed by atoms with Crippen LogP contribution in [0.4, 0.5) is 0 Å². The van der Waals surface area contributed by atoms with Crippen molar-refractivity contribution in [3.05, 3.63) is 0 Å². The van der Waals surface area contributed by atoms with Crippen molar-refractivity contribution in [1.29, 1.82) is 5.26 Å². The first kappa shape index (κ1) is 8.97. The van der Waals surface area contributed by atoms with E-state index in [4.69, 9.17) is 15.5 Å². The summed E-state index contributed by atoms with van der Waals surface area (Å²) < 4.78 is 0. The zero-order valence-electron chi connectivity index (χ0n) is 6.47. The van der Waals surface area contributed by atoms with Crippen LogP contribution in [0.1, 0.15) is 12.8 Å². The molecule has 2 N–H and O–H groups in total. The van der Waals surface area contributed by atoms with Crippen LogP contribution < -0.4 is 0 Å². The number of aliphatic hydroxyl groups is 2. The molecule has 0 unspecified atom stereocenters. The predicted octanol–water partition coefficient (Wildman–Crippen LogP) is -1.19. The smallest absolute Gasteiger partial charge is 0.280 e. The summed E-state index contributed by atoms with van der Waals surface area (Å²) in [5, 5.41) is 25.7. The zero-order chi connectivity index (χ0) is 9.14. The third-order valence-electron chi connectivity index (χ3n) is 1.91.